The molecule has 1 aromatic heterocycles. The van der Waals surface area contributed by atoms with Crippen molar-refractivity contribution in [2.45, 2.75) is 73.4 Å². The maximum Gasteiger partial charge on any atom is 0.264 e. The number of pyridine rings is 1. The number of likely N-dealkylation sites (tertiary alicyclic amines) is 1. The first kappa shape index (κ1) is 36.7. The Morgan fingerprint density at radius 2 is 1.68 bits per heavy atom. The molecule has 0 aliphatic carbocycles. The number of methoxy groups -OCH3 is 2. The first-order chi connectivity index (χ1) is 23.7. The van der Waals surface area contributed by atoms with E-state index in [0.29, 0.717) is 25.6 Å². The van der Waals surface area contributed by atoms with E-state index in [2.05, 4.69) is 23.1 Å². The van der Waals surface area contributed by atoms with Crippen LogP contribution in [0.4, 0.5) is 0 Å². The Morgan fingerprint density at radius 3 is 2.28 bits per heavy atom. The van der Waals surface area contributed by atoms with Gasteiger partial charge in [0.25, 0.3) is 11.5 Å². The van der Waals surface area contributed by atoms with Crippen LogP contribution in [0.2, 0.25) is 0 Å². The number of benzene rings is 2. The van der Waals surface area contributed by atoms with Crippen LogP contribution in [0.25, 0.3) is 11.1 Å². The number of piperidine rings is 1. The van der Waals surface area contributed by atoms with Crippen LogP contribution in [0.5, 0.6) is 17.2 Å². The molecule has 2 aliphatic heterocycles. The van der Waals surface area contributed by atoms with E-state index < -0.39 is 0 Å². The molecule has 5 rings (SSSR count). The molecule has 3 heterocycles. The van der Waals surface area contributed by atoms with Gasteiger partial charge in [-0.1, -0.05) is 32.9 Å². The Morgan fingerprint density at radius 1 is 1.02 bits per heavy atom. The molecule has 1 saturated heterocycles. The van der Waals surface area contributed by atoms with Crippen LogP contribution >= 0.6 is 0 Å². The molecule has 1 amide bonds. The molecule has 1 atom stereocenters. The number of hydrogen-bond acceptors (Lipinski definition) is 7. The number of amides is 1. The second-order valence-electron chi connectivity index (χ2n) is 14.9. The molecule has 2 aliphatic rings. The maximum absolute atomic E-state index is 13.4. The van der Waals surface area contributed by atoms with Gasteiger partial charge in [0.1, 0.15) is 28.9 Å². The summed E-state index contributed by atoms with van der Waals surface area (Å²) in [7, 11) is 5.16. The highest BCUT2D eigenvalue weighted by atomic mass is 16.5. The van der Waals surface area contributed by atoms with E-state index in [1.54, 1.807) is 31.9 Å². The number of carbonyl (C=O) groups excluding carboxylic acids is 1. The number of hydrogen-bond donors (Lipinski definition) is 0. The minimum Gasteiger partial charge on any atom is -0.496 e. The monoisotopic (exact) mass is 680 g/mol. The highest BCUT2D eigenvalue weighted by Crippen LogP contribution is 2.38. The van der Waals surface area contributed by atoms with Crippen molar-refractivity contribution in [2.75, 3.05) is 40.5 Å². The highest BCUT2D eigenvalue weighted by molar-refractivity contribution is 5.97. The molecule has 9 heteroatoms. The Bertz CT molecular complexity index is 1850. The van der Waals surface area contributed by atoms with Gasteiger partial charge in [0.05, 0.1) is 32.4 Å². The maximum atomic E-state index is 13.4. The summed E-state index contributed by atoms with van der Waals surface area (Å²) >= 11 is 0. The summed E-state index contributed by atoms with van der Waals surface area (Å²) in [6.07, 6.45) is 6.43. The van der Waals surface area contributed by atoms with Gasteiger partial charge in [0.15, 0.2) is 0 Å². The first-order valence-electron chi connectivity index (χ1n) is 17.6. The van der Waals surface area contributed by atoms with Crippen LogP contribution < -0.4 is 19.8 Å². The summed E-state index contributed by atoms with van der Waals surface area (Å²) in [4.78, 5) is 30.1. The Kier molecular flexibility index (Phi) is 11.1. The number of carbonyl (C=O) groups is 1. The van der Waals surface area contributed by atoms with Crippen molar-refractivity contribution in [2.24, 2.45) is 18.4 Å². The predicted molar refractivity (Wildman–Crippen MR) is 197 cm³/mol. The van der Waals surface area contributed by atoms with Crippen molar-refractivity contribution >= 4 is 5.91 Å². The largest absolute Gasteiger partial charge is 0.496 e. The molecule has 0 bridgehead atoms. The van der Waals surface area contributed by atoms with Crippen molar-refractivity contribution in [3.63, 3.8) is 0 Å². The quantitative estimate of drug-likeness (QED) is 0.179. The zero-order valence-electron chi connectivity index (χ0n) is 31.2. The Labute approximate surface area is 297 Å². The van der Waals surface area contributed by atoms with Crippen LogP contribution in [-0.4, -0.2) is 60.7 Å². The lowest BCUT2D eigenvalue weighted by Crippen LogP contribution is -2.39. The second kappa shape index (κ2) is 15.1. The lowest BCUT2D eigenvalue weighted by molar-refractivity contribution is -0.129. The highest BCUT2D eigenvalue weighted by Gasteiger charge is 2.31. The SMILES string of the molecule is COc1cc(-c2cn(C)c(=O)c(C)c2C)cc(OC)c1CN1CCC(COc2ccc3c(c2)[C@H](C)N(C(=O)/C(C#N)=C/C(C)(C)C)CC3)CC1. The molecule has 0 saturated carbocycles. The third kappa shape index (κ3) is 7.92. The topological polar surface area (TPSA) is 97.0 Å². The fourth-order valence-electron chi connectivity index (χ4n) is 7.20. The van der Waals surface area contributed by atoms with Gasteiger partial charge in [-0.05, 0) is 111 Å². The van der Waals surface area contributed by atoms with Crippen LogP contribution in [0.3, 0.4) is 0 Å². The fourth-order valence-corrected chi connectivity index (χ4v) is 7.20. The summed E-state index contributed by atoms with van der Waals surface area (Å²) in [6, 6.07) is 12.3. The second-order valence-corrected chi connectivity index (χ2v) is 14.9. The summed E-state index contributed by atoms with van der Waals surface area (Å²) in [5, 5.41) is 9.72. The molecule has 3 aromatic rings. The minimum atomic E-state index is -0.259. The average molecular weight is 681 g/mol. The minimum absolute atomic E-state index is 0.00757. The van der Waals surface area contributed by atoms with Gasteiger partial charge >= 0.3 is 0 Å². The Hall–Kier alpha value is -4.55. The Balaban J connectivity index is 1.21. The molecule has 1 fully saturated rings. The molecule has 0 spiro atoms. The number of nitrogens with zero attached hydrogens (tertiary/aromatic N) is 4. The van der Waals surface area contributed by atoms with Gasteiger partial charge in [-0.25, -0.2) is 0 Å². The summed E-state index contributed by atoms with van der Waals surface area (Å²) in [5.74, 6) is 2.58. The van der Waals surface area contributed by atoms with Gasteiger partial charge in [0, 0.05) is 37.5 Å². The normalized spacial score (nSPS) is 17.2. The smallest absolute Gasteiger partial charge is 0.264 e. The number of fused-ring (bicyclic) bond motifs is 1. The number of allylic oxidation sites excluding steroid dienone is 1. The van der Waals surface area contributed by atoms with E-state index in [-0.39, 0.29) is 28.5 Å². The van der Waals surface area contributed by atoms with E-state index in [4.69, 9.17) is 14.2 Å². The summed E-state index contributed by atoms with van der Waals surface area (Å²) in [5.41, 5.74) is 6.89. The lowest BCUT2D eigenvalue weighted by atomic mass is 9.90. The van der Waals surface area contributed by atoms with Gasteiger partial charge in [-0.3, -0.25) is 14.5 Å². The molecule has 0 N–H and O–H groups in total. The van der Waals surface area contributed by atoms with E-state index in [1.165, 1.54) is 5.56 Å². The predicted octanol–water partition coefficient (Wildman–Crippen LogP) is 6.92. The number of aromatic nitrogens is 1. The van der Waals surface area contributed by atoms with Gasteiger partial charge in [-0.15, -0.1) is 0 Å². The van der Waals surface area contributed by atoms with Gasteiger partial charge in [-0.2, -0.15) is 5.26 Å². The third-order valence-electron chi connectivity index (χ3n) is 10.3. The molecular formula is C41H52N4O5. The van der Waals surface area contributed by atoms with Crippen molar-refractivity contribution < 1.29 is 19.0 Å². The lowest BCUT2D eigenvalue weighted by Gasteiger charge is -2.36. The zero-order valence-corrected chi connectivity index (χ0v) is 31.2. The standard InChI is InChI=1S/C41H52N4O5/c1-26-27(2)39(46)43(7)23-35(26)31-18-37(48-8)36(38(19-31)49-9)24-44-15-12-29(13-16-44)25-50-33-11-10-30-14-17-45(28(3)34(30)20-33)40(47)32(22-42)21-41(4,5)6/h10-11,18-21,23,28-29H,12-17,24-25H2,1-9H3/b32-21+/t28-/m0/s1. The van der Waals surface area contributed by atoms with Crippen LogP contribution in [0.15, 0.2) is 53.0 Å². The van der Waals surface area contributed by atoms with Crippen molar-refractivity contribution in [3.8, 4) is 34.4 Å². The zero-order chi connectivity index (χ0) is 36.3. The third-order valence-corrected chi connectivity index (χ3v) is 10.3. The van der Waals surface area contributed by atoms with Crippen molar-refractivity contribution in [1.82, 2.24) is 14.4 Å². The molecule has 50 heavy (non-hydrogen) atoms. The van der Waals surface area contributed by atoms with E-state index in [1.807, 2.05) is 70.8 Å². The summed E-state index contributed by atoms with van der Waals surface area (Å²) < 4.78 is 19.8. The number of ether oxygens (including phenoxy) is 3. The van der Waals surface area contributed by atoms with Gasteiger partial charge < -0.3 is 23.7 Å². The number of aryl methyl sites for hydroxylation is 1. The van der Waals surface area contributed by atoms with Crippen molar-refractivity contribution in [1.29, 1.82) is 5.26 Å². The van der Waals surface area contributed by atoms with Crippen molar-refractivity contribution in [3.05, 3.63) is 86.3 Å². The molecule has 2 aromatic carbocycles. The van der Waals surface area contributed by atoms with Gasteiger partial charge in [0.2, 0.25) is 0 Å². The van der Waals surface area contributed by atoms with E-state index in [0.717, 1.165) is 83.0 Å². The first-order valence-corrected chi connectivity index (χ1v) is 17.6. The molecule has 0 unspecified atom stereocenters. The van der Waals surface area contributed by atoms with Crippen LogP contribution in [0.1, 0.15) is 74.4 Å². The summed E-state index contributed by atoms with van der Waals surface area (Å²) in [6.45, 7) is 15.7. The van der Waals surface area contributed by atoms with E-state index in [9.17, 15) is 14.9 Å². The molecule has 266 valence electrons. The van der Waals surface area contributed by atoms with E-state index >= 15 is 0 Å². The fraction of sp³-hybridized carbons (Fsp3) is 0.488. The van der Waals surface area contributed by atoms with Crippen LogP contribution in [-0.2, 0) is 24.8 Å². The number of rotatable bonds is 9. The number of nitriles is 1. The molecule has 0 radical (unpaired) electrons. The molecule has 9 nitrogen and oxygen atoms in total. The average Bonchev–Trinajstić information content (AvgIpc) is 3.10. The van der Waals surface area contributed by atoms with Crippen LogP contribution in [0, 0.1) is 36.5 Å². The molecular weight excluding hydrogens is 628 g/mol.